The summed E-state index contributed by atoms with van der Waals surface area (Å²) >= 11 is 0. The molecule has 1 N–H and O–H groups in total. The molecule has 1 aromatic carbocycles. The average Bonchev–Trinajstić information content (AvgIpc) is 3.10. The molecule has 3 aromatic rings. The van der Waals surface area contributed by atoms with Gasteiger partial charge < -0.3 is 9.88 Å². The lowest BCUT2D eigenvalue weighted by atomic mass is 10.3. The number of hydrogen-bond acceptors (Lipinski definition) is 4. The van der Waals surface area contributed by atoms with Crippen LogP contribution in [0.25, 0.3) is 11.0 Å². The number of aryl methyl sites for hydroxylation is 2. The molecule has 0 radical (unpaired) electrons. The first kappa shape index (κ1) is 13.8. The number of benzene rings is 1. The molecule has 0 aliphatic heterocycles. The largest absolute Gasteiger partial charge is 0.329 e. The Kier molecular flexibility index (Phi) is 3.96. The normalized spacial score (nSPS) is 11.6. The fourth-order valence-electron chi connectivity index (χ4n) is 2.24. The maximum Gasteiger partial charge on any atom is 0.0964 e. The Labute approximate surface area is 123 Å². The molecule has 6 heteroatoms. The maximum absolute atomic E-state index is 4.39. The Morgan fingerprint density at radius 2 is 2.05 bits per heavy atom. The second-order valence-electron chi connectivity index (χ2n) is 5.44. The van der Waals surface area contributed by atoms with E-state index in [2.05, 4.69) is 45.1 Å². The summed E-state index contributed by atoms with van der Waals surface area (Å²) in [5.41, 5.74) is 3.15. The van der Waals surface area contributed by atoms with E-state index in [1.807, 2.05) is 35.4 Å². The fraction of sp³-hybridized carbons (Fsp3) is 0.400. The number of fused-ring (bicyclic) bond motifs is 1. The van der Waals surface area contributed by atoms with Crippen molar-refractivity contribution in [2.24, 2.45) is 0 Å². The molecule has 0 saturated carbocycles. The summed E-state index contributed by atoms with van der Waals surface area (Å²) < 4.78 is 4.02. The Balaban J connectivity index is 1.62. The fourth-order valence-corrected chi connectivity index (χ4v) is 2.24. The summed E-state index contributed by atoms with van der Waals surface area (Å²) in [4.78, 5) is 4.39. The minimum atomic E-state index is 0.451. The van der Waals surface area contributed by atoms with E-state index in [0.29, 0.717) is 6.04 Å². The van der Waals surface area contributed by atoms with Crippen LogP contribution < -0.4 is 5.32 Å². The Hall–Kier alpha value is -2.21. The molecule has 0 spiro atoms. The van der Waals surface area contributed by atoms with Crippen molar-refractivity contribution < 1.29 is 0 Å². The summed E-state index contributed by atoms with van der Waals surface area (Å²) in [6.45, 7) is 6.62. The van der Waals surface area contributed by atoms with E-state index < -0.39 is 0 Å². The van der Waals surface area contributed by atoms with Gasteiger partial charge in [0, 0.05) is 25.3 Å². The third kappa shape index (κ3) is 3.28. The zero-order valence-electron chi connectivity index (χ0n) is 12.4. The topological polar surface area (TPSA) is 60.6 Å². The minimum Gasteiger partial charge on any atom is -0.329 e. The molecule has 110 valence electrons. The Morgan fingerprint density at radius 3 is 2.90 bits per heavy atom. The number of nitrogens with zero attached hydrogens (tertiary/aromatic N) is 5. The smallest absolute Gasteiger partial charge is 0.0964 e. The second-order valence-corrected chi connectivity index (χ2v) is 5.44. The van der Waals surface area contributed by atoms with Crippen molar-refractivity contribution in [3.63, 3.8) is 0 Å². The van der Waals surface area contributed by atoms with Crippen LogP contribution in [0.15, 0.2) is 36.8 Å². The SMILES string of the molecule is CC(C)NCc1cn(CCn2cnc3ccccc32)nn1. The predicted octanol–water partition coefficient (Wildman–Crippen LogP) is 1.83. The van der Waals surface area contributed by atoms with Gasteiger partial charge >= 0.3 is 0 Å². The van der Waals surface area contributed by atoms with Gasteiger partial charge in [0.1, 0.15) is 0 Å². The number of hydrogen-bond donors (Lipinski definition) is 1. The number of aromatic nitrogens is 5. The lowest BCUT2D eigenvalue weighted by molar-refractivity contribution is 0.526. The second kappa shape index (κ2) is 6.05. The van der Waals surface area contributed by atoms with Crippen molar-refractivity contribution in [2.45, 2.75) is 39.5 Å². The van der Waals surface area contributed by atoms with E-state index >= 15 is 0 Å². The zero-order chi connectivity index (χ0) is 14.7. The van der Waals surface area contributed by atoms with Crippen LogP contribution in [0.5, 0.6) is 0 Å². The molecule has 2 heterocycles. The van der Waals surface area contributed by atoms with Crippen LogP contribution in [0.4, 0.5) is 0 Å². The molecule has 0 amide bonds. The van der Waals surface area contributed by atoms with Gasteiger partial charge in [-0.2, -0.15) is 0 Å². The van der Waals surface area contributed by atoms with E-state index in [4.69, 9.17) is 0 Å². The molecule has 6 nitrogen and oxygen atoms in total. The van der Waals surface area contributed by atoms with Gasteiger partial charge in [-0.1, -0.05) is 31.2 Å². The van der Waals surface area contributed by atoms with Gasteiger partial charge in [0.15, 0.2) is 0 Å². The van der Waals surface area contributed by atoms with E-state index in [9.17, 15) is 0 Å². The molecule has 0 saturated heterocycles. The summed E-state index contributed by atoms with van der Waals surface area (Å²) in [6.07, 6.45) is 3.87. The van der Waals surface area contributed by atoms with Crippen LogP contribution in [0, 0.1) is 0 Å². The summed E-state index contributed by atoms with van der Waals surface area (Å²) in [5, 5.41) is 11.7. The molecule has 2 aromatic heterocycles. The third-order valence-electron chi connectivity index (χ3n) is 3.37. The van der Waals surface area contributed by atoms with E-state index in [1.54, 1.807) is 0 Å². The van der Waals surface area contributed by atoms with Crippen LogP contribution in [0.3, 0.4) is 0 Å². The zero-order valence-corrected chi connectivity index (χ0v) is 12.4. The molecule has 0 fully saturated rings. The predicted molar refractivity (Wildman–Crippen MR) is 81.7 cm³/mol. The van der Waals surface area contributed by atoms with Gasteiger partial charge in [0.25, 0.3) is 0 Å². The van der Waals surface area contributed by atoms with Crippen LogP contribution >= 0.6 is 0 Å². The molecule has 0 atom stereocenters. The Morgan fingerprint density at radius 1 is 1.19 bits per heavy atom. The number of para-hydroxylation sites is 2. The van der Waals surface area contributed by atoms with E-state index in [0.717, 1.165) is 36.4 Å². The Bertz CT molecular complexity index is 712. The number of nitrogens with one attached hydrogen (secondary N) is 1. The van der Waals surface area contributed by atoms with Crippen LogP contribution in [-0.2, 0) is 19.6 Å². The highest BCUT2D eigenvalue weighted by Gasteiger charge is 2.04. The number of rotatable bonds is 6. The number of imidazole rings is 1. The highest BCUT2D eigenvalue weighted by molar-refractivity contribution is 5.74. The standard InChI is InChI=1S/C15H20N6/c1-12(2)16-9-13-10-21(19-18-13)8-7-20-11-17-14-5-3-4-6-15(14)20/h3-6,10-12,16H,7-9H2,1-2H3. The first-order chi connectivity index (χ1) is 10.2. The summed E-state index contributed by atoms with van der Waals surface area (Å²) in [7, 11) is 0. The van der Waals surface area contributed by atoms with Gasteiger partial charge in [-0.05, 0) is 12.1 Å². The lowest BCUT2D eigenvalue weighted by Crippen LogP contribution is -2.21. The van der Waals surface area contributed by atoms with E-state index in [-0.39, 0.29) is 0 Å². The van der Waals surface area contributed by atoms with Gasteiger partial charge in [0.05, 0.1) is 29.6 Å². The first-order valence-electron chi connectivity index (χ1n) is 7.24. The van der Waals surface area contributed by atoms with Crippen LogP contribution in [0.1, 0.15) is 19.5 Å². The summed E-state index contributed by atoms with van der Waals surface area (Å²) in [5.74, 6) is 0. The minimum absolute atomic E-state index is 0.451. The van der Waals surface area contributed by atoms with Gasteiger partial charge in [-0.25, -0.2) is 4.98 Å². The monoisotopic (exact) mass is 284 g/mol. The maximum atomic E-state index is 4.39. The van der Waals surface area contributed by atoms with Crippen molar-refractivity contribution in [2.75, 3.05) is 0 Å². The van der Waals surface area contributed by atoms with Gasteiger partial charge in [-0.15, -0.1) is 5.10 Å². The molecular formula is C15H20N6. The third-order valence-corrected chi connectivity index (χ3v) is 3.37. The molecule has 0 aliphatic rings. The molecular weight excluding hydrogens is 264 g/mol. The van der Waals surface area contributed by atoms with Gasteiger partial charge in [0.2, 0.25) is 0 Å². The lowest BCUT2D eigenvalue weighted by Gasteiger charge is -2.05. The highest BCUT2D eigenvalue weighted by Crippen LogP contribution is 2.11. The van der Waals surface area contributed by atoms with Gasteiger partial charge in [-0.3, -0.25) is 4.68 Å². The molecule has 21 heavy (non-hydrogen) atoms. The first-order valence-corrected chi connectivity index (χ1v) is 7.24. The quantitative estimate of drug-likeness (QED) is 0.750. The van der Waals surface area contributed by atoms with Crippen molar-refractivity contribution in [1.29, 1.82) is 0 Å². The molecule has 3 rings (SSSR count). The van der Waals surface area contributed by atoms with Crippen LogP contribution in [0.2, 0.25) is 0 Å². The molecule has 0 aliphatic carbocycles. The van der Waals surface area contributed by atoms with E-state index in [1.165, 1.54) is 0 Å². The van der Waals surface area contributed by atoms with Crippen molar-refractivity contribution in [3.05, 3.63) is 42.5 Å². The summed E-state index contributed by atoms with van der Waals surface area (Å²) in [6, 6.07) is 8.60. The van der Waals surface area contributed by atoms with Crippen molar-refractivity contribution in [3.8, 4) is 0 Å². The van der Waals surface area contributed by atoms with Crippen molar-refractivity contribution in [1.82, 2.24) is 29.9 Å². The molecule has 0 bridgehead atoms. The van der Waals surface area contributed by atoms with Crippen molar-refractivity contribution >= 4 is 11.0 Å². The van der Waals surface area contributed by atoms with Crippen LogP contribution in [-0.4, -0.2) is 30.6 Å². The molecule has 0 unspecified atom stereocenters. The average molecular weight is 284 g/mol. The highest BCUT2D eigenvalue weighted by atomic mass is 15.4.